The Morgan fingerprint density at radius 2 is 2.14 bits per heavy atom. The zero-order valence-electron chi connectivity index (χ0n) is 13.0. The number of carbonyl (C=O) groups excluding carboxylic acids is 2. The van der Waals surface area contributed by atoms with Crippen LogP contribution in [-0.2, 0) is 20.9 Å². The van der Waals surface area contributed by atoms with Crippen LogP contribution in [0.25, 0.3) is 0 Å². The van der Waals surface area contributed by atoms with E-state index in [1.807, 2.05) is 19.9 Å². The van der Waals surface area contributed by atoms with Gasteiger partial charge in [-0.25, -0.2) is 4.79 Å². The van der Waals surface area contributed by atoms with Gasteiger partial charge in [0.1, 0.15) is 12.6 Å². The van der Waals surface area contributed by atoms with Crippen LogP contribution in [0.2, 0.25) is 0 Å². The van der Waals surface area contributed by atoms with Crippen molar-refractivity contribution in [1.29, 1.82) is 0 Å². The molecule has 0 spiro atoms. The number of nitrogens with zero attached hydrogens (tertiary/aromatic N) is 3. The Morgan fingerprint density at radius 1 is 1.38 bits per heavy atom. The number of rotatable bonds is 4. The summed E-state index contributed by atoms with van der Waals surface area (Å²) in [7, 11) is 0. The zero-order chi connectivity index (χ0) is 15.4. The van der Waals surface area contributed by atoms with Crippen LogP contribution in [0.15, 0.2) is 6.07 Å². The lowest BCUT2D eigenvalue weighted by Crippen LogP contribution is -2.49. The molecular formula is C15H23N3O3. The van der Waals surface area contributed by atoms with Crippen LogP contribution in [0.4, 0.5) is 0 Å². The first-order chi connectivity index (χ1) is 10.0. The summed E-state index contributed by atoms with van der Waals surface area (Å²) in [5.41, 5.74) is 1.84. The average molecular weight is 293 g/mol. The molecule has 1 aromatic heterocycles. The van der Waals surface area contributed by atoms with Gasteiger partial charge in [0.25, 0.3) is 0 Å². The molecular weight excluding hydrogens is 270 g/mol. The molecule has 0 N–H and O–H groups in total. The van der Waals surface area contributed by atoms with Gasteiger partial charge in [0.15, 0.2) is 0 Å². The van der Waals surface area contributed by atoms with Gasteiger partial charge < -0.3 is 9.64 Å². The summed E-state index contributed by atoms with van der Waals surface area (Å²) in [6, 6.07) is 1.50. The Labute approximate surface area is 125 Å². The Bertz CT molecular complexity index is 524. The molecule has 1 fully saturated rings. The predicted molar refractivity (Wildman–Crippen MR) is 77.7 cm³/mol. The van der Waals surface area contributed by atoms with Crippen molar-refractivity contribution in [1.82, 2.24) is 14.7 Å². The summed E-state index contributed by atoms with van der Waals surface area (Å²) in [4.78, 5) is 26.2. The van der Waals surface area contributed by atoms with E-state index >= 15 is 0 Å². The third-order valence-electron chi connectivity index (χ3n) is 3.77. The molecule has 1 saturated heterocycles. The maximum absolute atomic E-state index is 12.5. The highest BCUT2D eigenvalue weighted by molar-refractivity contribution is 5.84. The fraction of sp³-hybridized carbons (Fsp3) is 0.667. The third-order valence-corrected chi connectivity index (χ3v) is 3.77. The molecule has 0 bridgehead atoms. The molecule has 1 atom stereocenters. The lowest BCUT2D eigenvalue weighted by molar-refractivity contribution is -0.156. The smallest absolute Gasteiger partial charge is 0.328 e. The minimum atomic E-state index is -0.442. The number of hydrogen-bond donors (Lipinski definition) is 0. The van der Waals surface area contributed by atoms with Crippen LogP contribution in [0.1, 0.15) is 37.6 Å². The largest absolute Gasteiger partial charge is 0.464 e. The van der Waals surface area contributed by atoms with Gasteiger partial charge in [-0.3, -0.25) is 9.48 Å². The summed E-state index contributed by atoms with van der Waals surface area (Å²) >= 11 is 0. The van der Waals surface area contributed by atoms with Crippen LogP contribution < -0.4 is 0 Å². The van der Waals surface area contributed by atoms with E-state index < -0.39 is 6.04 Å². The van der Waals surface area contributed by atoms with E-state index in [4.69, 9.17) is 4.74 Å². The molecule has 1 aliphatic rings. The van der Waals surface area contributed by atoms with Gasteiger partial charge in [-0.2, -0.15) is 5.10 Å². The molecule has 6 heteroatoms. The summed E-state index contributed by atoms with van der Waals surface area (Å²) in [5, 5.41) is 4.30. The number of aryl methyl sites for hydroxylation is 2. The van der Waals surface area contributed by atoms with Crippen LogP contribution >= 0.6 is 0 Å². The number of esters is 1. The van der Waals surface area contributed by atoms with Crippen molar-refractivity contribution in [2.45, 2.75) is 52.6 Å². The standard InChI is InChI=1S/C15H23N3O3/c1-4-21-15(20)13-7-5-6-8-17(13)14(19)10-18-12(3)9-11(2)16-18/h9,13H,4-8,10H2,1-3H3. The lowest BCUT2D eigenvalue weighted by atomic mass is 10.0. The van der Waals surface area contributed by atoms with E-state index in [0.29, 0.717) is 19.6 Å². The van der Waals surface area contributed by atoms with Gasteiger partial charge in [-0.05, 0) is 46.1 Å². The Balaban J connectivity index is 2.08. The number of amides is 1. The first-order valence-electron chi connectivity index (χ1n) is 7.50. The lowest BCUT2D eigenvalue weighted by Gasteiger charge is -2.34. The zero-order valence-corrected chi connectivity index (χ0v) is 13.0. The van der Waals surface area contributed by atoms with E-state index in [0.717, 1.165) is 24.2 Å². The Hall–Kier alpha value is -1.85. The van der Waals surface area contributed by atoms with Crippen LogP contribution in [0.5, 0.6) is 0 Å². The highest BCUT2D eigenvalue weighted by atomic mass is 16.5. The van der Waals surface area contributed by atoms with Crippen LogP contribution in [0, 0.1) is 13.8 Å². The maximum atomic E-state index is 12.5. The van der Waals surface area contributed by atoms with Crippen molar-refractivity contribution < 1.29 is 14.3 Å². The topological polar surface area (TPSA) is 64.4 Å². The van der Waals surface area contributed by atoms with Crippen molar-refractivity contribution in [3.63, 3.8) is 0 Å². The molecule has 0 radical (unpaired) electrons. The van der Waals surface area contributed by atoms with E-state index in [1.54, 1.807) is 16.5 Å². The van der Waals surface area contributed by atoms with E-state index in [2.05, 4.69) is 5.10 Å². The molecule has 0 aromatic carbocycles. The highest BCUT2D eigenvalue weighted by Crippen LogP contribution is 2.19. The number of carbonyl (C=O) groups is 2. The number of piperidine rings is 1. The average Bonchev–Trinajstić information content (AvgIpc) is 2.77. The maximum Gasteiger partial charge on any atom is 0.328 e. The highest BCUT2D eigenvalue weighted by Gasteiger charge is 2.33. The summed E-state index contributed by atoms with van der Waals surface area (Å²) < 4.78 is 6.77. The number of aromatic nitrogens is 2. The van der Waals surface area contributed by atoms with Crippen molar-refractivity contribution in [3.8, 4) is 0 Å². The van der Waals surface area contributed by atoms with Gasteiger partial charge in [-0.15, -0.1) is 0 Å². The van der Waals surface area contributed by atoms with Gasteiger partial charge in [0, 0.05) is 12.2 Å². The Kier molecular flexibility index (Phi) is 4.98. The molecule has 1 aliphatic heterocycles. The molecule has 116 valence electrons. The first kappa shape index (κ1) is 15.5. The third kappa shape index (κ3) is 3.62. The second-order valence-corrected chi connectivity index (χ2v) is 5.44. The Morgan fingerprint density at radius 3 is 2.76 bits per heavy atom. The predicted octanol–water partition coefficient (Wildman–Crippen LogP) is 1.44. The number of hydrogen-bond acceptors (Lipinski definition) is 4. The minimum Gasteiger partial charge on any atom is -0.464 e. The van der Waals surface area contributed by atoms with Crippen molar-refractivity contribution >= 4 is 11.9 Å². The molecule has 1 aromatic rings. The SMILES string of the molecule is CCOC(=O)C1CCCCN1C(=O)Cn1nc(C)cc1C. The van der Waals surface area contributed by atoms with Crippen LogP contribution in [-0.4, -0.2) is 45.8 Å². The second-order valence-electron chi connectivity index (χ2n) is 5.44. The minimum absolute atomic E-state index is 0.0704. The molecule has 1 unspecified atom stereocenters. The summed E-state index contributed by atoms with van der Waals surface area (Å²) in [5.74, 6) is -0.363. The van der Waals surface area contributed by atoms with Gasteiger partial charge in [0.05, 0.1) is 12.3 Å². The normalized spacial score (nSPS) is 18.6. The quantitative estimate of drug-likeness (QED) is 0.788. The van der Waals surface area contributed by atoms with E-state index in [-0.39, 0.29) is 18.4 Å². The molecule has 6 nitrogen and oxygen atoms in total. The van der Waals surface area contributed by atoms with Gasteiger partial charge in [0.2, 0.25) is 5.91 Å². The van der Waals surface area contributed by atoms with Crippen molar-refractivity contribution in [3.05, 3.63) is 17.5 Å². The summed E-state index contributed by atoms with van der Waals surface area (Å²) in [6.45, 7) is 6.73. The number of likely N-dealkylation sites (tertiary alicyclic amines) is 1. The first-order valence-corrected chi connectivity index (χ1v) is 7.50. The van der Waals surface area contributed by atoms with E-state index in [1.165, 1.54) is 0 Å². The van der Waals surface area contributed by atoms with Crippen molar-refractivity contribution in [2.75, 3.05) is 13.2 Å². The van der Waals surface area contributed by atoms with E-state index in [9.17, 15) is 9.59 Å². The fourth-order valence-corrected chi connectivity index (χ4v) is 2.77. The molecule has 0 saturated carbocycles. The van der Waals surface area contributed by atoms with Gasteiger partial charge >= 0.3 is 5.97 Å². The van der Waals surface area contributed by atoms with Crippen LogP contribution in [0.3, 0.4) is 0 Å². The molecule has 2 heterocycles. The fourth-order valence-electron chi connectivity index (χ4n) is 2.77. The molecule has 0 aliphatic carbocycles. The second kappa shape index (κ2) is 6.74. The molecule has 1 amide bonds. The monoisotopic (exact) mass is 293 g/mol. The van der Waals surface area contributed by atoms with Crippen molar-refractivity contribution in [2.24, 2.45) is 0 Å². The number of ether oxygens (including phenoxy) is 1. The summed E-state index contributed by atoms with van der Waals surface area (Å²) in [6.07, 6.45) is 2.56. The molecule has 21 heavy (non-hydrogen) atoms. The molecule has 2 rings (SSSR count). The van der Waals surface area contributed by atoms with Gasteiger partial charge in [-0.1, -0.05) is 0 Å².